The Morgan fingerprint density at radius 3 is 2.71 bits per heavy atom. The van der Waals surface area contributed by atoms with E-state index >= 15 is 0 Å². The second kappa shape index (κ2) is 5.70. The molecule has 1 aromatic carbocycles. The number of hydrogen-bond acceptors (Lipinski definition) is 4. The van der Waals surface area contributed by atoms with Crippen molar-refractivity contribution in [2.75, 3.05) is 13.2 Å². The van der Waals surface area contributed by atoms with E-state index in [4.69, 9.17) is 20.6 Å². The molecule has 6 heteroatoms. The molecule has 6 nitrogen and oxygen atoms in total. The van der Waals surface area contributed by atoms with E-state index < -0.39 is 5.41 Å². The monoisotopic (exact) mass is 326 g/mol. The van der Waals surface area contributed by atoms with Crippen LogP contribution in [0, 0.1) is 6.92 Å². The van der Waals surface area contributed by atoms with Gasteiger partial charge in [0.1, 0.15) is 11.2 Å². The minimum atomic E-state index is -0.653. The molecule has 24 heavy (non-hydrogen) atoms. The maximum absolute atomic E-state index is 12.0. The summed E-state index contributed by atoms with van der Waals surface area (Å²) in [4.78, 5) is 16.8. The number of primary amides is 1. The van der Waals surface area contributed by atoms with E-state index in [1.807, 2.05) is 29.8 Å². The van der Waals surface area contributed by atoms with Gasteiger partial charge in [-0.2, -0.15) is 5.10 Å². The van der Waals surface area contributed by atoms with Crippen molar-refractivity contribution in [3.05, 3.63) is 41.5 Å². The Labute approximate surface area is 141 Å². The van der Waals surface area contributed by atoms with E-state index in [2.05, 4.69) is 6.07 Å². The first-order chi connectivity index (χ1) is 11.6. The summed E-state index contributed by atoms with van der Waals surface area (Å²) in [6, 6.07) is 8.09. The summed E-state index contributed by atoms with van der Waals surface area (Å²) in [5.41, 5.74) is 7.11. The van der Waals surface area contributed by atoms with Gasteiger partial charge in [0.15, 0.2) is 5.82 Å². The van der Waals surface area contributed by atoms with Gasteiger partial charge in [-0.15, -0.1) is 0 Å². The summed E-state index contributed by atoms with van der Waals surface area (Å²) < 4.78 is 7.27. The highest BCUT2D eigenvalue weighted by Gasteiger charge is 2.54. The van der Waals surface area contributed by atoms with Crippen LogP contribution in [0.2, 0.25) is 0 Å². The normalized spacial score (nSPS) is 20.0. The molecule has 2 N–H and O–H groups in total. The highest BCUT2D eigenvalue weighted by Crippen LogP contribution is 2.48. The number of carbonyl (C=O) groups excluding carboxylic acids is 1. The van der Waals surface area contributed by atoms with Gasteiger partial charge in [-0.05, 0) is 50.3 Å². The van der Waals surface area contributed by atoms with Gasteiger partial charge in [0.05, 0.1) is 5.69 Å². The predicted molar refractivity (Wildman–Crippen MR) is 89.0 cm³/mol. The fourth-order valence-electron chi connectivity index (χ4n) is 3.41. The van der Waals surface area contributed by atoms with Gasteiger partial charge < -0.3 is 10.5 Å². The average Bonchev–Trinajstić information content (AvgIpc) is 3.28. The number of nitrogens with zero attached hydrogens (tertiary/aromatic N) is 3. The molecule has 4 rings (SSSR count). The van der Waals surface area contributed by atoms with Crippen LogP contribution < -0.4 is 5.73 Å². The Balaban J connectivity index is 1.81. The van der Waals surface area contributed by atoms with Crippen molar-refractivity contribution in [3.63, 3.8) is 0 Å². The lowest BCUT2D eigenvalue weighted by Crippen LogP contribution is -2.31. The molecule has 1 amide bonds. The Morgan fingerprint density at radius 1 is 1.33 bits per heavy atom. The van der Waals surface area contributed by atoms with Crippen LogP contribution in [0.5, 0.6) is 0 Å². The topological polar surface area (TPSA) is 83.0 Å². The molecule has 126 valence electrons. The first kappa shape index (κ1) is 15.3. The van der Waals surface area contributed by atoms with Crippen LogP contribution in [0.4, 0.5) is 0 Å². The number of rotatable bonds is 4. The molecule has 0 unspecified atom stereocenters. The van der Waals surface area contributed by atoms with Crippen LogP contribution in [0.1, 0.15) is 48.8 Å². The average molecular weight is 326 g/mol. The molecule has 1 aliphatic carbocycles. The molecule has 1 saturated heterocycles. The highest BCUT2D eigenvalue weighted by atomic mass is 16.5. The zero-order chi connectivity index (χ0) is 16.7. The number of hydrogen-bond donors (Lipinski definition) is 1. The van der Waals surface area contributed by atoms with Gasteiger partial charge in [-0.3, -0.25) is 4.79 Å². The van der Waals surface area contributed by atoms with E-state index in [0.717, 1.165) is 56.0 Å². The van der Waals surface area contributed by atoms with Crippen molar-refractivity contribution in [2.45, 2.75) is 43.9 Å². The summed E-state index contributed by atoms with van der Waals surface area (Å²) >= 11 is 0. The number of carbonyl (C=O) groups is 1. The molecule has 0 atom stereocenters. The lowest BCUT2D eigenvalue weighted by molar-refractivity contribution is -0.120. The van der Waals surface area contributed by atoms with Crippen LogP contribution in [0.15, 0.2) is 24.3 Å². The molecule has 2 aliphatic rings. The minimum absolute atomic E-state index is 0.284. The minimum Gasteiger partial charge on any atom is -0.381 e. The molecule has 1 aliphatic heterocycles. The van der Waals surface area contributed by atoms with Crippen molar-refractivity contribution in [2.24, 2.45) is 5.73 Å². The third-order valence-electron chi connectivity index (χ3n) is 5.11. The van der Waals surface area contributed by atoms with E-state index in [0.29, 0.717) is 5.82 Å². The number of benzene rings is 1. The van der Waals surface area contributed by atoms with Crippen LogP contribution >= 0.6 is 0 Å². The zero-order valence-corrected chi connectivity index (χ0v) is 13.9. The smallest absolute Gasteiger partial charge is 0.231 e. The van der Waals surface area contributed by atoms with Gasteiger partial charge in [-0.1, -0.05) is 12.1 Å². The largest absolute Gasteiger partial charge is 0.381 e. The first-order valence-corrected chi connectivity index (χ1v) is 8.52. The molecule has 1 aromatic heterocycles. The van der Waals surface area contributed by atoms with E-state index in [-0.39, 0.29) is 11.8 Å². The molecule has 0 spiro atoms. The second-order valence-corrected chi connectivity index (χ2v) is 6.88. The number of aromatic nitrogens is 3. The van der Waals surface area contributed by atoms with Gasteiger partial charge >= 0.3 is 0 Å². The molecule has 2 heterocycles. The lowest BCUT2D eigenvalue weighted by atomic mass is 9.99. The second-order valence-electron chi connectivity index (χ2n) is 6.88. The van der Waals surface area contributed by atoms with E-state index in [1.165, 1.54) is 0 Å². The van der Waals surface area contributed by atoms with Crippen LogP contribution in [-0.4, -0.2) is 33.9 Å². The highest BCUT2D eigenvalue weighted by molar-refractivity contribution is 5.89. The third kappa shape index (κ3) is 2.51. The van der Waals surface area contributed by atoms with Gasteiger partial charge in [0.25, 0.3) is 0 Å². The number of aryl methyl sites for hydroxylation is 1. The number of nitrogens with two attached hydrogens (primary N) is 1. The van der Waals surface area contributed by atoms with Crippen molar-refractivity contribution in [1.29, 1.82) is 0 Å². The predicted octanol–water partition coefficient (Wildman–Crippen LogP) is 1.99. The fourth-order valence-corrected chi connectivity index (χ4v) is 3.41. The van der Waals surface area contributed by atoms with Gasteiger partial charge in [0.2, 0.25) is 5.91 Å². The summed E-state index contributed by atoms with van der Waals surface area (Å²) in [7, 11) is 0. The van der Waals surface area contributed by atoms with E-state index in [1.54, 1.807) is 0 Å². The molecule has 0 bridgehead atoms. The van der Waals surface area contributed by atoms with Gasteiger partial charge in [0, 0.05) is 19.1 Å². The van der Waals surface area contributed by atoms with Gasteiger partial charge in [-0.25, -0.2) is 9.67 Å². The standard InChI is InChI=1S/C18H22N4O2/c1-12-3-2-4-14(11-12)22-17(18(7-8-18)16(19)23)20-15(21-22)13-5-9-24-10-6-13/h2-4,11,13H,5-10H2,1H3,(H2,19,23). The zero-order valence-electron chi connectivity index (χ0n) is 13.9. The third-order valence-corrected chi connectivity index (χ3v) is 5.11. The summed E-state index contributed by atoms with van der Waals surface area (Å²) in [6.45, 7) is 3.51. The Morgan fingerprint density at radius 2 is 2.08 bits per heavy atom. The van der Waals surface area contributed by atoms with Crippen molar-refractivity contribution < 1.29 is 9.53 Å². The SMILES string of the molecule is Cc1cccc(-n2nc(C3CCOCC3)nc2C2(C(N)=O)CC2)c1. The van der Waals surface area contributed by atoms with Crippen molar-refractivity contribution in [1.82, 2.24) is 14.8 Å². The molecular weight excluding hydrogens is 304 g/mol. The van der Waals surface area contributed by atoms with Crippen molar-refractivity contribution in [3.8, 4) is 5.69 Å². The maximum Gasteiger partial charge on any atom is 0.231 e. The molecule has 2 fully saturated rings. The quantitative estimate of drug-likeness (QED) is 0.931. The Hall–Kier alpha value is -2.21. The van der Waals surface area contributed by atoms with Crippen molar-refractivity contribution >= 4 is 5.91 Å². The van der Waals surface area contributed by atoms with E-state index in [9.17, 15) is 4.79 Å². The molecule has 2 aromatic rings. The van der Waals surface area contributed by atoms with Crippen LogP contribution in [-0.2, 0) is 14.9 Å². The molecule has 0 radical (unpaired) electrons. The fraction of sp³-hybridized carbons (Fsp3) is 0.500. The molecule has 1 saturated carbocycles. The molecular formula is C18H22N4O2. The summed E-state index contributed by atoms with van der Waals surface area (Å²) in [5.74, 6) is 1.49. The number of ether oxygens (including phenoxy) is 1. The Bertz CT molecular complexity index is 773. The van der Waals surface area contributed by atoms with Crippen LogP contribution in [0.25, 0.3) is 5.69 Å². The summed E-state index contributed by atoms with van der Waals surface area (Å²) in [6.07, 6.45) is 3.34. The summed E-state index contributed by atoms with van der Waals surface area (Å²) in [5, 5.41) is 4.78. The maximum atomic E-state index is 12.0. The first-order valence-electron chi connectivity index (χ1n) is 8.52. The Kier molecular flexibility index (Phi) is 3.64. The number of amides is 1. The van der Waals surface area contributed by atoms with Crippen LogP contribution in [0.3, 0.4) is 0 Å². The lowest BCUT2D eigenvalue weighted by Gasteiger charge is -2.18.